The van der Waals surface area contributed by atoms with E-state index in [0.717, 1.165) is 0 Å². The predicted molar refractivity (Wildman–Crippen MR) is 62.3 cm³/mol. The van der Waals surface area contributed by atoms with Crippen molar-refractivity contribution in [2.24, 2.45) is 17.1 Å². The lowest BCUT2D eigenvalue weighted by Gasteiger charge is -2.19. The molecule has 0 saturated heterocycles. The molecule has 0 saturated carbocycles. The van der Waals surface area contributed by atoms with E-state index in [2.05, 4.69) is 4.72 Å². The third-order valence-corrected chi connectivity index (χ3v) is 3.62. The first-order chi connectivity index (χ1) is 6.53. The van der Waals surface area contributed by atoms with Gasteiger partial charge in [0.15, 0.2) is 0 Å². The molecule has 4 N–H and O–H groups in total. The van der Waals surface area contributed by atoms with Crippen molar-refractivity contribution in [2.45, 2.75) is 27.7 Å². The second-order valence-corrected chi connectivity index (χ2v) is 6.83. The number of hydrogen-bond acceptors (Lipinski definition) is 3. The Balaban J connectivity index is 4.24. The second kappa shape index (κ2) is 4.94. The van der Waals surface area contributed by atoms with Crippen LogP contribution in [-0.2, 0) is 10.0 Å². The number of hydrogen-bond donors (Lipinski definition) is 3. The van der Waals surface area contributed by atoms with Crippen molar-refractivity contribution < 1.29 is 8.42 Å². The van der Waals surface area contributed by atoms with Gasteiger partial charge in [-0.2, -0.15) is 0 Å². The van der Waals surface area contributed by atoms with Gasteiger partial charge in [-0.05, 0) is 5.41 Å². The molecule has 0 aromatic rings. The fourth-order valence-electron chi connectivity index (χ4n) is 0.983. The van der Waals surface area contributed by atoms with E-state index < -0.39 is 10.0 Å². The van der Waals surface area contributed by atoms with Gasteiger partial charge in [-0.1, -0.05) is 27.7 Å². The summed E-state index contributed by atoms with van der Waals surface area (Å²) in [7, 11) is -3.27. The summed E-state index contributed by atoms with van der Waals surface area (Å²) in [5, 5.41) is 7.13. The van der Waals surface area contributed by atoms with E-state index in [9.17, 15) is 8.42 Å². The van der Waals surface area contributed by atoms with Gasteiger partial charge in [0.1, 0.15) is 0 Å². The number of nitrogens with one attached hydrogen (secondary N) is 2. The molecule has 1 unspecified atom stereocenters. The van der Waals surface area contributed by atoms with Crippen LogP contribution < -0.4 is 10.5 Å². The summed E-state index contributed by atoms with van der Waals surface area (Å²) in [5.41, 5.74) is 4.97. The number of sulfonamides is 1. The Bertz CT molecular complexity index is 317. The van der Waals surface area contributed by atoms with Gasteiger partial charge in [0.05, 0.1) is 11.6 Å². The quantitative estimate of drug-likeness (QED) is 0.479. The van der Waals surface area contributed by atoms with Gasteiger partial charge >= 0.3 is 0 Å². The molecule has 5 nitrogen and oxygen atoms in total. The average Bonchev–Trinajstić information content (AvgIpc) is 1.95. The molecule has 0 bridgehead atoms. The molecule has 0 aliphatic heterocycles. The van der Waals surface area contributed by atoms with Crippen molar-refractivity contribution in [3.8, 4) is 0 Å². The van der Waals surface area contributed by atoms with E-state index >= 15 is 0 Å². The van der Waals surface area contributed by atoms with Crippen LogP contribution in [0.25, 0.3) is 0 Å². The monoisotopic (exact) mass is 235 g/mol. The lowest BCUT2D eigenvalue weighted by Crippen LogP contribution is -2.37. The van der Waals surface area contributed by atoms with E-state index in [4.69, 9.17) is 11.1 Å². The summed E-state index contributed by atoms with van der Waals surface area (Å²) < 4.78 is 25.5. The highest BCUT2D eigenvalue weighted by Crippen LogP contribution is 2.15. The Kier molecular flexibility index (Phi) is 4.73. The highest BCUT2D eigenvalue weighted by molar-refractivity contribution is 7.89. The van der Waals surface area contributed by atoms with Gasteiger partial charge in [0, 0.05) is 12.5 Å². The van der Waals surface area contributed by atoms with Crippen LogP contribution in [0.3, 0.4) is 0 Å². The summed E-state index contributed by atoms with van der Waals surface area (Å²) >= 11 is 0. The van der Waals surface area contributed by atoms with Gasteiger partial charge in [0.2, 0.25) is 10.0 Å². The Morgan fingerprint density at radius 2 is 1.93 bits per heavy atom. The van der Waals surface area contributed by atoms with Crippen molar-refractivity contribution in [2.75, 3.05) is 12.3 Å². The summed E-state index contributed by atoms with van der Waals surface area (Å²) in [6.07, 6.45) is 0. The van der Waals surface area contributed by atoms with Crippen LogP contribution in [0.5, 0.6) is 0 Å². The maximum absolute atomic E-state index is 11.6. The van der Waals surface area contributed by atoms with Crippen molar-refractivity contribution in [3.63, 3.8) is 0 Å². The van der Waals surface area contributed by atoms with Crippen molar-refractivity contribution in [3.05, 3.63) is 0 Å². The standard InChI is InChI=1S/C9H21N3O2S/c1-7(8(10)11)5-12-15(13,14)6-9(2,3)4/h7,12H,5-6H2,1-4H3,(H3,10,11). The van der Waals surface area contributed by atoms with Crippen molar-refractivity contribution in [1.29, 1.82) is 5.41 Å². The van der Waals surface area contributed by atoms with E-state index in [-0.39, 0.29) is 29.5 Å². The van der Waals surface area contributed by atoms with Crippen LogP contribution in [0.15, 0.2) is 0 Å². The number of rotatable bonds is 5. The van der Waals surface area contributed by atoms with Crippen LogP contribution in [0.4, 0.5) is 0 Å². The molecule has 90 valence electrons. The molecule has 6 heteroatoms. The molecule has 0 amide bonds. The van der Waals surface area contributed by atoms with Crippen molar-refractivity contribution >= 4 is 15.9 Å². The first-order valence-electron chi connectivity index (χ1n) is 4.85. The third-order valence-electron chi connectivity index (χ3n) is 1.76. The molecule has 0 rings (SSSR count). The molecule has 0 aromatic carbocycles. The lowest BCUT2D eigenvalue weighted by molar-refractivity contribution is 0.457. The molecule has 0 aliphatic rings. The van der Waals surface area contributed by atoms with Crippen LogP contribution in [0.1, 0.15) is 27.7 Å². The molecule has 0 fully saturated rings. The zero-order valence-corrected chi connectivity index (χ0v) is 10.6. The maximum atomic E-state index is 11.6. The molecule has 0 aromatic heterocycles. The fourth-order valence-corrected chi connectivity index (χ4v) is 2.73. The van der Waals surface area contributed by atoms with Crippen LogP contribution in [-0.4, -0.2) is 26.6 Å². The summed E-state index contributed by atoms with van der Waals surface area (Å²) in [4.78, 5) is 0. The third kappa shape index (κ3) is 7.33. The minimum atomic E-state index is -3.27. The molecular weight excluding hydrogens is 214 g/mol. The van der Waals surface area contributed by atoms with Crippen LogP contribution in [0, 0.1) is 16.7 Å². The van der Waals surface area contributed by atoms with Crippen LogP contribution >= 0.6 is 0 Å². The first-order valence-corrected chi connectivity index (χ1v) is 6.50. The molecule has 15 heavy (non-hydrogen) atoms. The zero-order chi connectivity index (χ0) is 12.3. The Hall–Kier alpha value is -0.620. The summed E-state index contributed by atoms with van der Waals surface area (Å²) in [6.45, 7) is 7.48. The minimum absolute atomic E-state index is 0.00606. The van der Waals surface area contributed by atoms with Gasteiger partial charge in [-0.3, -0.25) is 5.41 Å². The lowest BCUT2D eigenvalue weighted by atomic mass is 10.0. The summed E-state index contributed by atoms with van der Waals surface area (Å²) in [6, 6.07) is 0. The molecular formula is C9H21N3O2S. The first kappa shape index (κ1) is 14.4. The molecule has 0 spiro atoms. The normalized spacial score (nSPS) is 14.9. The predicted octanol–water partition coefficient (Wildman–Crippen LogP) is 0.524. The topological polar surface area (TPSA) is 96.0 Å². The van der Waals surface area contributed by atoms with Gasteiger partial charge < -0.3 is 5.73 Å². The van der Waals surface area contributed by atoms with E-state index in [0.29, 0.717) is 0 Å². The van der Waals surface area contributed by atoms with Gasteiger partial charge in [0.25, 0.3) is 0 Å². The molecule has 0 heterocycles. The van der Waals surface area contributed by atoms with E-state index in [1.165, 1.54) is 0 Å². The zero-order valence-electron chi connectivity index (χ0n) is 9.79. The van der Waals surface area contributed by atoms with E-state index in [1.54, 1.807) is 6.92 Å². The highest BCUT2D eigenvalue weighted by atomic mass is 32.2. The number of nitrogens with two attached hydrogens (primary N) is 1. The Labute approximate surface area is 92.0 Å². The van der Waals surface area contributed by atoms with Crippen molar-refractivity contribution in [1.82, 2.24) is 4.72 Å². The number of amidine groups is 1. The van der Waals surface area contributed by atoms with Gasteiger partial charge in [-0.25, -0.2) is 13.1 Å². The Morgan fingerprint density at radius 3 is 2.27 bits per heavy atom. The molecule has 0 radical (unpaired) electrons. The molecule has 1 atom stereocenters. The average molecular weight is 235 g/mol. The maximum Gasteiger partial charge on any atom is 0.212 e. The Morgan fingerprint density at radius 1 is 1.47 bits per heavy atom. The highest BCUT2D eigenvalue weighted by Gasteiger charge is 2.21. The SMILES string of the molecule is CC(CNS(=O)(=O)CC(C)(C)C)C(=N)N. The second-order valence-electron chi connectivity index (χ2n) is 5.02. The van der Waals surface area contributed by atoms with Gasteiger partial charge in [-0.15, -0.1) is 0 Å². The molecule has 0 aliphatic carbocycles. The fraction of sp³-hybridized carbons (Fsp3) is 0.889. The smallest absolute Gasteiger partial charge is 0.212 e. The van der Waals surface area contributed by atoms with Crippen LogP contribution in [0.2, 0.25) is 0 Å². The van der Waals surface area contributed by atoms with E-state index in [1.807, 2.05) is 20.8 Å². The largest absolute Gasteiger partial charge is 0.387 e. The minimum Gasteiger partial charge on any atom is -0.387 e. The summed E-state index contributed by atoms with van der Waals surface area (Å²) in [5.74, 6) is -0.196.